The van der Waals surface area contributed by atoms with Crippen LogP contribution in [-0.4, -0.2) is 36.7 Å². The molecule has 0 spiro atoms. The van der Waals surface area contributed by atoms with Gasteiger partial charge in [0.1, 0.15) is 11.3 Å². The van der Waals surface area contributed by atoms with E-state index < -0.39 is 21.5 Å². The number of rotatable bonds is 6. The lowest BCUT2D eigenvalue weighted by molar-refractivity contribution is 0.0949. The molecule has 30 heavy (non-hydrogen) atoms. The second kappa shape index (κ2) is 8.29. The summed E-state index contributed by atoms with van der Waals surface area (Å²) in [4.78, 5) is 27.5. The molecule has 9 heteroatoms. The predicted octanol–water partition coefficient (Wildman–Crippen LogP) is 2.35. The summed E-state index contributed by atoms with van der Waals surface area (Å²) in [6.45, 7) is 1.27. The molecule has 8 nitrogen and oxygen atoms in total. The van der Waals surface area contributed by atoms with Crippen LogP contribution in [0.1, 0.15) is 28.8 Å². The summed E-state index contributed by atoms with van der Waals surface area (Å²) in [6.07, 6.45) is 3.26. The molecule has 4 rings (SSSR count). The monoisotopic (exact) mass is 427 g/mol. The number of carbonyl (C=O) groups is 1. The lowest BCUT2D eigenvalue weighted by Gasteiger charge is -2.15. The van der Waals surface area contributed by atoms with Crippen molar-refractivity contribution in [3.63, 3.8) is 0 Å². The second-order valence-electron chi connectivity index (χ2n) is 7.03. The van der Waals surface area contributed by atoms with Crippen LogP contribution in [-0.2, 0) is 16.6 Å². The van der Waals surface area contributed by atoms with E-state index in [-0.39, 0.29) is 17.0 Å². The zero-order valence-electron chi connectivity index (χ0n) is 16.1. The lowest BCUT2D eigenvalue weighted by Crippen LogP contribution is -2.29. The Morgan fingerprint density at radius 1 is 1.07 bits per heavy atom. The summed E-state index contributed by atoms with van der Waals surface area (Å²) in [6, 6.07) is 12.9. The number of aromatic nitrogens is 1. The smallest absolute Gasteiger partial charge is 0.261 e. The number of pyridine rings is 1. The molecule has 1 aliphatic rings. The molecule has 1 saturated heterocycles. The summed E-state index contributed by atoms with van der Waals surface area (Å²) < 4.78 is 31.8. The highest BCUT2D eigenvalue weighted by Crippen LogP contribution is 2.21. The summed E-state index contributed by atoms with van der Waals surface area (Å²) >= 11 is 0. The molecule has 3 heterocycles. The second-order valence-corrected chi connectivity index (χ2v) is 8.97. The minimum atomic E-state index is -3.47. The first kappa shape index (κ1) is 20.1. The van der Waals surface area contributed by atoms with Gasteiger partial charge in [-0.2, -0.15) is 4.31 Å². The number of aromatic amines is 1. The van der Waals surface area contributed by atoms with Gasteiger partial charge in [0.15, 0.2) is 0 Å². The zero-order valence-corrected chi connectivity index (χ0v) is 16.9. The van der Waals surface area contributed by atoms with Crippen LogP contribution in [0.2, 0.25) is 0 Å². The Morgan fingerprint density at radius 2 is 1.80 bits per heavy atom. The molecular weight excluding hydrogens is 406 g/mol. The Hall–Kier alpha value is -3.17. The molecular formula is C21H21N3O5S. The van der Waals surface area contributed by atoms with E-state index in [1.807, 2.05) is 0 Å². The summed E-state index contributed by atoms with van der Waals surface area (Å²) in [5, 5.41) is 2.68. The largest absolute Gasteiger partial charge is 0.463 e. The normalized spacial score (nSPS) is 14.7. The van der Waals surface area contributed by atoms with Gasteiger partial charge in [-0.15, -0.1) is 0 Å². The van der Waals surface area contributed by atoms with Crippen LogP contribution >= 0.6 is 0 Å². The van der Waals surface area contributed by atoms with Crippen molar-refractivity contribution in [2.75, 3.05) is 13.1 Å². The van der Waals surface area contributed by atoms with Crippen LogP contribution in [0.3, 0.4) is 0 Å². The molecule has 0 aliphatic carbocycles. The van der Waals surface area contributed by atoms with Crippen molar-refractivity contribution in [3.8, 4) is 11.5 Å². The molecule has 1 amide bonds. The summed E-state index contributed by atoms with van der Waals surface area (Å²) in [5.74, 6) is -0.0148. The first-order valence-corrected chi connectivity index (χ1v) is 11.0. The molecule has 1 aliphatic heterocycles. The van der Waals surface area contributed by atoms with Gasteiger partial charge in [-0.25, -0.2) is 8.42 Å². The van der Waals surface area contributed by atoms with Crippen molar-refractivity contribution in [2.45, 2.75) is 24.3 Å². The van der Waals surface area contributed by atoms with Crippen molar-refractivity contribution in [3.05, 3.63) is 76.3 Å². The Bertz CT molecular complexity index is 1190. The van der Waals surface area contributed by atoms with E-state index in [2.05, 4.69) is 10.3 Å². The number of amides is 1. The quantitative estimate of drug-likeness (QED) is 0.627. The highest BCUT2D eigenvalue weighted by molar-refractivity contribution is 7.89. The van der Waals surface area contributed by atoms with Crippen LogP contribution in [0.5, 0.6) is 0 Å². The molecule has 1 aromatic carbocycles. The SMILES string of the molecule is O=C(NCc1ccc(S(=O)(=O)N2CCCC2)cc1)c1ccc(-c2ccco2)[nH]c1=O. The third-order valence-corrected chi connectivity index (χ3v) is 6.93. The predicted molar refractivity (Wildman–Crippen MR) is 110 cm³/mol. The standard InChI is InChI=1S/C21H21N3O5S/c25-20(17-9-10-18(23-21(17)26)19-4-3-13-29-19)22-14-15-5-7-16(8-6-15)30(27,28)24-11-1-2-12-24/h3-10,13H,1-2,11-12,14H2,(H,22,25)(H,23,26). The number of furan rings is 1. The Morgan fingerprint density at radius 3 is 2.43 bits per heavy atom. The van der Waals surface area contributed by atoms with Crippen molar-refractivity contribution in [1.82, 2.24) is 14.6 Å². The van der Waals surface area contributed by atoms with E-state index in [4.69, 9.17) is 4.42 Å². The molecule has 0 bridgehead atoms. The Balaban J connectivity index is 1.41. The topological polar surface area (TPSA) is 112 Å². The number of nitrogens with one attached hydrogen (secondary N) is 2. The Labute approximate surface area is 173 Å². The van der Waals surface area contributed by atoms with Crippen LogP contribution in [0.15, 0.2) is 68.9 Å². The number of sulfonamides is 1. The van der Waals surface area contributed by atoms with Gasteiger partial charge in [0, 0.05) is 19.6 Å². The molecule has 2 N–H and O–H groups in total. The third-order valence-electron chi connectivity index (χ3n) is 5.02. The van der Waals surface area contributed by atoms with Gasteiger partial charge in [0.05, 0.1) is 16.9 Å². The maximum absolute atomic E-state index is 12.6. The Kier molecular flexibility index (Phi) is 5.56. The average molecular weight is 427 g/mol. The van der Waals surface area contributed by atoms with Crippen molar-refractivity contribution < 1.29 is 17.6 Å². The average Bonchev–Trinajstić information content (AvgIpc) is 3.47. The first-order chi connectivity index (χ1) is 14.4. The van der Waals surface area contributed by atoms with Gasteiger partial charge in [0.25, 0.3) is 11.5 Å². The van der Waals surface area contributed by atoms with Crippen molar-refractivity contribution in [2.24, 2.45) is 0 Å². The van der Waals surface area contributed by atoms with Gasteiger partial charge < -0.3 is 14.7 Å². The van der Waals surface area contributed by atoms with Gasteiger partial charge in [-0.05, 0) is 54.8 Å². The van der Waals surface area contributed by atoms with Crippen LogP contribution in [0.25, 0.3) is 11.5 Å². The number of nitrogens with zero attached hydrogens (tertiary/aromatic N) is 1. The van der Waals surface area contributed by atoms with Crippen LogP contribution in [0, 0.1) is 0 Å². The fourth-order valence-electron chi connectivity index (χ4n) is 3.36. The molecule has 156 valence electrons. The van der Waals surface area contributed by atoms with Crippen LogP contribution in [0.4, 0.5) is 0 Å². The maximum atomic E-state index is 12.6. The van der Waals surface area contributed by atoms with E-state index in [1.54, 1.807) is 42.5 Å². The summed E-state index contributed by atoms with van der Waals surface area (Å²) in [5.41, 5.74) is 0.677. The number of carbonyl (C=O) groups excluding carboxylic acids is 1. The minimum absolute atomic E-state index is 0.0152. The number of H-pyrrole nitrogens is 1. The van der Waals surface area contributed by atoms with Gasteiger partial charge in [0.2, 0.25) is 10.0 Å². The van der Waals surface area contributed by atoms with Gasteiger partial charge in [-0.1, -0.05) is 12.1 Å². The number of benzene rings is 1. The first-order valence-electron chi connectivity index (χ1n) is 9.60. The molecule has 0 unspecified atom stereocenters. The molecule has 0 radical (unpaired) electrons. The third kappa shape index (κ3) is 4.07. The molecule has 1 fully saturated rings. The van der Waals surface area contributed by atoms with E-state index in [0.29, 0.717) is 24.5 Å². The van der Waals surface area contributed by atoms with E-state index in [1.165, 1.54) is 16.6 Å². The van der Waals surface area contributed by atoms with Crippen LogP contribution < -0.4 is 10.9 Å². The maximum Gasteiger partial charge on any atom is 0.261 e. The lowest BCUT2D eigenvalue weighted by atomic mass is 10.2. The van der Waals surface area contributed by atoms with E-state index in [9.17, 15) is 18.0 Å². The fourth-order valence-corrected chi connectivity index (χ4v) is 4.88. The highest BCUT2D eigenvalue weighted by atomic mass is 32.2. The van der Waals surface area contributed by atoms with Crippen molar-refractivity contribution in [1.29, 1.82) is 0 Å². The number of hydrogen-bond donors (Lipinski definition) is 2. The molecule has 3 aromatic rings. The van der Waals surface area contributed by atoms with E-state index in [0.717, 1.165) is 18.4 Å². The van der Waals surface area contributed by atoms with Gasteiger partial charge >= 0.3 is 0 Å². The van der Waals surface area contributed by atoms with Gasteiger partial charge in [-0.3, -0.25) is 9.59 Å². The summed E-state index contributed by atoms with van der Waals surface area (Å²) in [7, 11) is -3.47. The molecule has 0 atom stereocenters. The molecule has 2 aromatic heterocycles. The van der Waals surface area contributed by atoms with Crippen molar-refractivity contribution >= 4 is 15.9 Å². The highest BCUT2D eigenvalue weighted by Gasteiger charge is 2.26. The fraction of sp³-hybridized carbons (Fsp3) is 0.238. The van der Waals surface area contributed by atoms with E-state index >= 15 is 0 Å². The minimum Gasteiger partial charge on any atom is -0.463 e. The zero-order chi connectivity index (χ0) is 21.1. The molecule has 0 saturated carbocycles. The number of hydrogen-bond acceptors (Lipinski definition) is 5.